The van der Waals surface area contributed by atoms with Crippen LogP contribution in [0.4, 0.5) is 10.1 Å². The van der Waals surface area contributed by atoms with Crippen molar-refractivity contribution in [3.63, 3.8) is 0 Å². The summed E-state index contributed by atoms with van der Waals surface area (Å²) in [6.45, 7) is 1.47. The lowest BCUT2D eigenvalue weighted by Crippen LogP contribution is -2.33. The largest absolute Gasteiger partial charge is 0.508 e. The van der Waals surface area contributed by atoms with Crippen LogP contribution < -0.4 is 5.32 Å². The van der Waals surface area contributed by atoms with Crippen molar-refractivity contribution >= 4 is 34.8 Å². The van der Waals surface area contributed by atoms with E-state index in [-0.39, 0.29) is 17.9 Å². The van der Waals surface area contributed by atoms with Gasteiger partial charge in [-0.2, -0.15) is 0 Å². The molecule has 0 aromatic heterocycles. The number of phenolic OH excluding ortho intramolecular Hbond substituents is 1. The van der Waals surface area contributed by atoms with E-state index in [0.29, 0.717) is 15.6 Å². The van der Waals surface area contributed by atoms with E-state index >= 15 is 0 Å². The minimum absolute atomic E-state index is 0.153. The molecule has 3 N–H and O–H groups in total. The van der Waals surface area contributed by atoms with Gasteiger partial charge in [0.2, 0.25) is 5.91 Å². The molecule has 128 valence electrons. The van der Waals surface area contributed by atoms with E-state index in [1.54, 1.807) is 18.2 Å². The average molecular weight is 372 g/mol. The van der Waals surface area contributed by atoms with Gasteiger partial charge in [0, 0.05) is 16.1 Å². The number of aliphatic hydroxyl groups excluding tert-OH is 1. The molecule has 0 saturated carbocycles. The van der Waals surface area contributed by atoms with Gasteiger partial charge in [0.1, 0.15) is 11.6 Å². The molecule has 0 radical (unpaired) electrons. The summed E-state index contributed by atoms with van der Waals surface area (Å²) in [5.74, 6) is -2.30. The van der Waals surface area contributed by atoms with Crippen molar-refractivity contribution in [3.05, 3.63) is 57.8 Å². The number of hydrogen-bond donors (Lipinski definition) is 3. The molecule has 0 aliphatic heterocycles. The highest BCUT2D eigenvalue weighted by Crippen LogP contribution is 2.26. The van der Waals surface area contributed by atoms with Crippen LogP contribution in [-0.2, 0) is 11.2 Å². The van der Waals surface area contributed by atoms with Crippen LogP contribution in [0.15, 0.2) is 36.4 Å². The molecule has 2 rings (SSSR count). The molecule has 0 spiro atoms. The Morgan fingerprint density at radius 3 is 2.58 bits per heavy atom. The Labute approximate surface area is 148 Å². The maximum atomic E-state index is 13.7. The molecule has 0 aliphatic rings. The SMILES string of the molecule is CC(O)C(Cc1ccc(Cl)cc1Cl)C(=O)Nc1cc(O)ccc1F. The van der Waals surface area contributed by atoms with Crippen molar-refractivity contribution < 1.29 is 19.4 Å². The number of halogens is 3. The van der Waals surface area contributed by atoms with Gasteiger partial charge in [0.05, 0.1) is 17.7 Å². The smallest absolute Gasteiger partial charge is 0.230 e. The molecular weight excluding hydrogens is 356 g/mol. The Kier molecular flexibility index (Phi) is 6.04. The molecule has 2 aromatic carbocycles. The van der Waals surface area contributed by atoms with Gasteiger partial charge in [-0.15, -0.1) is 0 Å². The summed E-state index contributed by atoms with van der Waals surface area (Å²) in [5.41, 5.74) is 0.478. The van der Waals surface area contributed by atoms with Crippen LogP contribution in [-0.4, -0.2) is 22.2 Å². The zero-order valence-corrected chi connectivity index (χ0v) is 14.3. The first-order valence-corrected chi connectivity index (χ1v) is 7.95. The average Bonchev–Trinajstić information content (AvgIpc) is 2.49. The van der Waals surface area contributed by atoms with Gasteiger partial charge in [0.15, 0.2) is 0 Å². The molecule has 1 amide bonds. The molecule has 0 aliphatic carbocycles. The zero-order chi connectivity index (χ0) is 17.9. The van der Waals surface area contributed by atoms with Gasteiger partial charge in [0.25, 0.3) is 0 Å². The number of carbonyl (C=O) groups excluding carboxylic acids is 1. The first-order chi connectivity index (χ1) is 11.3. The second-order valence-electron chi connectivity index (χ2n) is 5.44. The number of carbonyl (C=O) groups is 1. The molecule has 0 fully saturated rings. The van der Waals surface area contributed by atoms with Gasteiger partial charge in [-0.25, -0.2) is 4.39 Å². The minimum atomic E-state index is -0.989. The van der Waals surface area contributed by atoms with Gasteiger partial charge in [-0.3, -0.25) is 4.79 Å². The van der Waals surface area contributed by atoms with Crippen molar-refractivity contribution in [2.45, 2.75) is 19.4 Å². The lowest BCUT2D eigenvalue weighted by molar-refractivity contribution is -0.122. The van der Waals surface area contributed by atoms with Crippen LogP contribution in [0, 0.1) is 11.7 Å². The van der Waals surface area contributed by atoms with E-state index in [1.807, 2.05) is 0 Å². The van der Waals surface area contributed by atoms with Crippen LogP contribution in [0.3, 0.4) is 0 Å². The van der Waals surface area contributed by atoms with Gasteiger partial charge >= 0.3 is 0 Å². The van der Waals surface area contributed by atoms with Crippen molar-refractivity contribution in [2.75, 3.05) is 5.32 Å². The highest BCUT2D eigenvalue weighted by atomic mass is 35.5. The summed E-state index contributed by atoms with van der Waals surface area (Å²) >= 11 is 11.9. The standard InChI is InChI=1S/C17H16Cl2FNO3/c1-9(22)13(6-10-2-3-11(18)7-14(10)19)17(24)21-16-8-12(23)4-5-15(16)20/h2-5,7-9,13,22-23H,6H2,1H3,(H,21,24). The molecular formula is C17H16Cl2FNO3. The predicted octanol–water partition coefficient (Wildman–Crippen LogP) is 4.02. The van der Waals surface area contributed by atoms with E-state index in [2.05, 4.69) is 5.32 Å². The first kappa shape index (κ1) is 18.5. The van der Waals surface area contributed by atoms with Crippen molar-refractivity contribution in [1.82, 2.24) is 0 Å². The van der Waals surface area contributed by atoms with Crippen molar-refractivity contribution in [1.29, 1.82) is 0 Å². The lowest BCUT2D eigenvalue weighted by Gasteiger charge is -2.20. The van der Waals surface area contributed by atoms with E-state index in [9.17, 15) is 19.4 Å². The number of benzene rings is 2. The third kappa shape index (κ3) is 4.60. The zero-order valence-electron chi connectivity index (χ0n) is 12.8. The number of hydrogen-bond acceptors (Lipinski definition) is 3. The third-order valence-electron chi connectivity index (χ3n) is 3.58. The number of phenols is 1. The van der Waals surface area contributed by atoms with E-state index in [4.69, 9.17) is 23.2 Å². The molecule has 2 atom stereocenters. The summed E-state index contributed by atoms with van der Waals surface area (Å²) in [5, 5.41) is 22.5. The quantitative estimate of drug-likeness (QED) is 0.743. The fourth-order valence-corrected chi connectivity index (χ4v) is 2.73. The minimum Gasteiger partial charge on any atom is -0.508 e. The third-order valence-corrected chi connectivity index (χ3v) is 4.17. The first-order valence-electron chi connectivity index (χ1n) is 7.19. The van der Waals surface area contributed by atoms with Crippen LogP contribution in [0.2, 0.25) is 10.0 Å². The number of amides is 1. The Bertz CT molecular complexity index is 753. The van der Waals surface area contributed by atoms with Gasteiger partial charge in [-0.05, 0) is 43.2 Å². The number of nitrogens with one attached hydrogen (secondary N) is 1. The van der Waals surface area contributed by atoms with Crippen molar-refractivity contribution in [2.24, 2.45) is 5.92 Å². The van der Waals surface area contributed by atoms with Crippen LogP contribution >= 0.6 is 23.2 Å². The highest BCUT2D eigenvalue weighted by molar-refractivity contribution is 6.35. The Balaban J connectivity index is 2.20. The topological polar surface area (TPSA) is 69.6 Å². The van der Waals surface area contributed by atoms with E-state index < -0.39 is 23.7 Å². The highest BCUT2D eigenvalue weighted by Gasteiger charge is 2.26. The maximum absolute atomic E-state index is 13.7. The fourth-order valence-electron chi connectivity index (χ4n) is 2.24. The lowest BCUT2D eigenvalue weighted by atomic mass is 9.93. The predicted molar refractivity (Wildman–Crippen MR) is 92.0 cm³/mol. The van der Waals surface area contributed by atoms with Crippen LogP contribution in [0.25, 0.3) is 0 Å². The molecule has 0 saturated heterocycles. The molecule has 0 heterocycles. The molecule has 2 aromatic rings. The molecule has 24 heavy (non-hydrogen) atoms. The molecule has 7 heteroatoms. The van der Waals surface area contributed by atoms with Crippen molar-refractivity contribution in [3.8, 4) is 5.75 Å². The van der Waals surface area contributed by atoms with E-state index in [0.717, 1.165) is 12.1 Å². The number of anilines is 1. The monoisotopic (exact) mass is 371 g/mol. The Morgan fingerprint density at radius 2 is 1.96 bits per heavy atom. The summed E-state index contributed by atoms with van der Waals surface area (Å²) in [6, 6.07) is 8.16. The summed E-state index contributed by atoms with van der Waals surface area (Å²) in [6.07, 6.45) is -0.836. The van der Waals surface area contributed by atoms with Crippen LogP contribution in [0.5, 0.6) is 5.75 Å². The van der Waals surface area contributed by atoms with Crippen LogP contribution in [0.1, 0.15) is 12.5 Å². The maximum Gasteiger partial charge on any atom is 0.230 e. The van der Waals surface area contributed by atoms with Gasteiger partial charge in [-0.1, -0.05) is 29.3 Å². The van der Waals surface area contributed by atoms with Gasteiger partial charge < -0.3 is 15.5 Å². The fraction of sp³-hybridized carbons (Fsp3) is 0.235. The molecule has 0 bridgehead atoms. The Hall–Kier alpha value is -1.82. The summed E-state index contributed by atoms with van der Waals surface area (Å²) < 4.78 is 13.7. The second-order valence-corrected chi connectivity index (χ2v) is 6.28. The number of aromatic hydroxyl groups is 1. The van der Waals surface area contributed by atoms with E-state index in [1.165, 1.54) is 13.0 Å². The Morgan fingerprint density at radius 1 is 1.25 bits per heavy atom. The normalized spacial score (nSPS) is 13.4. The molecule has 4 nitrogen and oxygen atoms in total. The summed E-state index contributed by atoms with van der Waals surface area (Å²) in [7, 11) is 0. The number of rotatable bonds is 5. The summed E-state index contributed by atoms with van der Waals surface area (Å²) in [4.78, 5) is 12.4. The second kappa shape index (κ2) is 7.83. The number of aliphatic hydroxyl groups is 1. The molecule has 2 unspecified atom stereocenters.